The molecule has 1 atom stereocenters. The van der Waals surface area contributed by atoms with E-state index in [1.807, 2.05) is 6.07 Å². The molecule has 1 aliphatic rings. The van der Waals surface area contributed by atoms with E-state index in [0.29, 0.717) is 23.8 Å². The predicted octanol–water partition coefficient (Wildman–Crippen LogP) is 2.36. The van der Waals surface area contributed by atoms with Crippen LogP contribution in [0.3, 0.4) is 0 Å². The number of nitriles is 1. The van der Waals surface area contributed by atoms with Gasteiger partial charge in [-0.3, -0.25) is 0 Å². The quantitative estimate of drug-likeness (QED) is 0.814. The zero-order chi connectivity index (χ0) is 12.8. The maximum Gasteiger partial charge on any atom is 0.127 e. The van der Waals surface area contributed by atoms with Crippen molar-refractivity contribution >= 4 is 0 Å². The highest BCUT2D eigenvalue weighted by Gasteiger charge is 2.14. The normalized spacial score (nSPS) is 18.8. The summed E-state index contributed by atoms with van der Waals surface area (Å²) in [5, 5.41) is 11.9. The number of benzene rings is 1. The van der Waals surface area contributed by atoms with E-state index < -0.39 is 0 Å². The lowest BCUT2D eigenvalue weighted by molar-refractivity contribution is 0.104. The fourth-order valence-corrected chi connectivity index (χ4v) is 2.14. The number of nitrogens with one attached hydrogen (secondary N) is 1. The van der Waals surface area contributed by atoms with Gasteiger partial charge >= 0.3 is 0 Å². The largest absolute Gasteiger partial charge is 0.378 e. The first-order valence-electron chi connectivity index (χ1n) is 6.30. The van der Waals surface area contributed by atoms with Crippen molar-refractivity contribution in [3.05, 3.63) is 35.1 Å². The van der Waals surface area contributed by atoms with Gasteiger partial charge in [-0.05, 0) is 44.0 Å². The minimum Gasteiger partial charge on any atom is -0.378 e. The molecule has 0 saturated carbocycles. The second-order valence-corrected chi connectivity index (χ2v) is 4.52. The van der Waals surface area contributed by atoms with Gasteiger partial charge in [0.05, 0.1) is 17.7 Å². The highest BCUT2D eigenvalue weighted by atomic mass is 19.1. The average molecular weight is 248 g/mol. The van der Waals surface area contributed by atoms with Crippen molar-refractivity contribution < 1.29 is 9.13 Å². The van der Waals surface area contributed by atoms with Crippen LogP contribution in [0.2, 0.25) is 0 Å². The summed E-state index contributed by atoms with van der Waals surface area (Å²) in [6.45, 7) is 2.12. The molecule has 1 fully saturated rings. The Labute approximate surface area is 107 Å². The van der Waals surface area contributed by atoms with E-state index in [0.717, 1.165) is 32.4 Å². The fraction of sp³-hybridized carbons (Fsp3) is 0.500. The van der Waals surface area contributed by atoms with E-state index in [-0.39, 0.29) is 5.82 Å². The van der Waals surface area contributed by atoms with Crippen LogP contribution in [0.25, 0.3) is 0 Å². The lowest BCUT2D eigenvalue weighted by Gasteiger charge is -2.10. The third kappa shape index (κ3) is 3.52. The van der Waals surface area contributed by atoms with Crippen molar-refractivity contribution in [3.63, 3.8) is 0 Å². The molecule has 1 aromatic carbocycles. The Kier molecular flexibility index (Phi) is 4.68. The van der Waals surface area contributed by atoms with Gasteiger partial charge in [0.15, 0.2) is 0 Å². The zero-order valence-electron chi connectivity index (χ0n) is 10.3. The lowest BCUT2D eigenvalue weighted by Crippen LogP contribution is -2.20. The first-order valence-corrected chi connectivity index (χ1v) is 6.30. The molecule has 4 heteroatoms. The van der Waals surface area contributed by atoms with Crippen molar-refractivity contribution in [2.24, 2.45) is 0 Å². The predicted molar refractivity (Wildman–Crippen MR) is 66.4 cm³/mol. The molecule has 3 nitrogen and oxygen atoms in total. The van der Waals surface area contributed by atoms with Gasteiger partial charge in [-0.25, -0.2) is 4.39 Å². The van der Waals surface area contributed by atoms with Crippen molar-refractivity contribution in [1.29, 1.82) is 5.26 Å². The SMILES string of the molecule is N#Cc1ccc(F)c(CNCCC2CCCO2)c1. The van der Waals surface area contributed by atoms with Gasteiger partial charge in [-0.1, -0.05) is 0 Å². The minimum atomic E-state index is -0.265. The molecule has 1 aromatic rings. The molecule has 0 bridgehead atoms. The molecular weight excluding hydrogens is 231 g/mol. The van der Waals surface area contributed by atoms with Crippen molar-refractivity contribution in [3.8, 4) is 6.07 Å². The first-order chi connectivity index (χ1) is 8.79. The van der Waals surface area contributed by atoms with Gasteiger partial charge in [0, 0.05) is 18.7 Å². The maximum atomic E-state index is 13.5. The van der Waals surface area contributed by atoms with Gasteiger partial charge in [0.2, 0.25) is 0 Å². The fourth-order valence-electron chi connectivity index (χ4n) is 2.14. The van der Waals surface area contributed by atoms with Crippen LogP contribution in [-0.4, -0.2) is 19.3 Å². The van der Waals surface area contributed by atoms with E-state index in [2.05, 4.69) is 5.32 Å². The van der Waals surface area contributed by atoms with Gasteiger partial charge < -0.3 is 10.1 Å². The number of ether oxygens (including phenoxy) is 1. The van der Waals surface area contributed by atoms with Crippen LogP contribution < -0.4 is 5.32 Å². The van der Waals surface area contributed by atoms with Gasteiger partial charge in [-0.15, -0.1) is 0 Å². The maximum absolute atomic E-state index is 13.5. The molecule has 2 rings (SSSR count). The van der Waals surface area contributed by atoms with E-state index >= 15 is 0 Å². The van der Waals surface area contributed by atoms with E-state index in [1.165, 1.54) is 12.1 Å². The first kappa shape index (κ1) is 13.0. The zero-order valence-corrected chi connectivity index (χ0v) is 10.3. The number of hydrogen-bond acceptors (Lipinski definition) is 3. The summed E-state index contributed by atoms with van der Waals surface area (Å²) in [4.78, 5) is 0. The standard InChI is InChI=1S/C14H17FN2O/c15-14-4-3-11(9-16)8-12(14)10-17-6-5-13-2-1-7-18-13/h3-4,8,13,17H,1-2,5-7,10H2. The topological polar surface area (TPSA) is 45.0 Å². The number of halogens is 1. The third-order valence-corrected chi connectivity index (χ3v) is 3.16. The molecule has 18 heavy (non-hydrogen) atoms. The highest BCUT2D eigenvalue weighted by molar-refractivity contribution is 5.33. The smallest absolute Gasteiger partial charge is 0.127 e. The molecule has 1 saturated heterocycles. The summed E-state index contributed by atoms with van der Waals surface area (Å²) in [6, 6.07) is 6.44. The van der Waals surface area contributed by atoms with Crippen LogP contribution in [-0.2, 0) is 11.3 Å². The molecule has 1 heterocycles. The second-order valence-electron chi connectivity index (χ2n) is 4.52. The molecule has 0 amide bonds. The second kappa shape index (κ2) is 6.48. The highest BCUT2D eigenvalue weighted by Crippen LogP contribution is 2.14. The van der Waals surface area contributed by atoms with Crippen molar-refractivity contribution in [1.82, 2.24) is 5.32 Å². The van der Waals surface area contributed by atoms with E-state index in [4.69, 9.17) is 10.00 Å². The van der Waals surface area contributed by atoms with Gasteiger partial charge in [0.25, 0.3) is 0 Å². The summed E-state index contributed by atoms with van der Waals surface area (Å²) in [6.07, 6.45) is 3.58. The number of rotatable bonds is 5. The van der Waals surface area contributed by atoms with Crippen LogP contribution in [0.5, 0.6) is 0 Å². The van der Waals surface area contributed by atoms with E-state index in [1.54, 1.807) is 6.07 Å². The summed E-state index contributed by atoms with van der Waals surface area (Å²) in [7, 11) is 0. The molecule has 0 radical (unpaired) electrons. The Balaban J connectivity index is 1.77. The van der Waals surface area contributed by atoms with Gasteiger partial charge in [-0.2, -0.15) is 5.26 Å². The molecular formula is C14H17FN2O. The Bertz CT molecular complexity index is 436. The molecule has 1 unspecified atom stereocenters. The Morgan fingerprint density at radius 3 is 3.11 bits per heavy atom. The summed E-state index contributed by atoms with van der Waals surface area (Å²) in [5.41, 5.74) is 1.04. The van der Waals surface area contributed by atoms with E-state index in [9.17, 15) is 4.39 Å². The van der Waals surface area contributed by atoms with Crippen LogP contribution in [0.15, 0.2) is 18.2 Å². The van der Waals surface area contributed by atoms with Gasteiger partial charge in [0.1, 0.15) is 5.82 Å². The Hall–Kier alpha value is -1.44. The summed E-state index contributed by atoms with van der Waals surface area (Å²) >= 11 is 0. The molecule has 0 aliphatic carbocycles. The lowest BCUT2D eigenvalue weighted by atomic mass is 10.1. The third-order valence-electron chi connectivity index (χ3n) is 3.16. The molecule has 0 spiro atoms. The van der Waals surface area contributed by atoms with Crippen LogP contribution in [0, 0.1) is 17.1 Å². The Morgan fingerprint density at radius 1 is 1.50 bits per heavy atom. The molecule has 0 aromatic heterocycles. The average Bonchev–Trinajstić information content (AvgIpc) is 2.89. The Morgan fingerprint density at radius 2 is 2.39 bits per heavy atom. The van der Waals surface area contributed by atoms with Crippen LogP contribution >= 0.6 is 0 Å². The molecule has 96 valence electrons. The number of nitrogens with zero attached hydrogens (tertiary/aromatic N) is 1. The van der Waals surface area contributed by atoms with Crippen molar-refractivity contribution in [2.45, 2.75) is 31.9 Å². The molecule has 1 N–H and O–H groups in total. The number of hydrogen-bond donors (Lipinski definition) is 1. The van der Waals surface area contributed by atoms with Crippen LogP contribution in [0.4, 0.5) is 4.39 Å². The minimum absolute atomic E-state index is 0.265. The van der Waals surface area contributed by atoms with Crippen molar-refractivity contribution in [2.75, 3.05) is 13.2 Å². The van der Waals surface area contributed by atoms with Crippen LogP contribution in [0.1, 0.15) is 30.4 Å². The summed E-state index contributed by atoms with van der Waals surface area (Å²) in [5.74, 6) is -0.265. The summed E-state index contributed by atoms with van der Waals surface area (Å²) < 4.78 is 19.0. The molecule has 1 aliphatic heterocycles. The monoisotopic (exact) mass is 248 g/mol.